The lowest BCUT2D eigenvalue weighted by molar-refractivity contribution is 0.0698. The molecule has 0 saturated carbocycles. The highest BCUT2D eigenvalue weighted by Gasteiger charge is 2.21. The van der Waals surface area contributed by atoms with Gasteiger partial charge in [0, 0.05) is 17.6 Å². The van der Waals surface area contributed by atoms with Crippen LogP contribution in [-0.2, 0) is 13.0 Å². The molecule has 0 aliphatic heterocycles. The number of rotatable bonds is 6. The van der Waals surface area contributed by atoms with E-state index in [0.29, 0.717) is 12.1 Å². The van der Waals surface area contributed by atoms with Gasteiger partial charge in [-0.25, -0.2) is 4.79 Å². The number of nitrogens with zero attached hydrogens (tertiary/aromatic N) is 1. The molecule has 22 heavy (non-hydrogen) atoms. The van der Waals surface area contributed by atoms with Crippen LogP contribution in [-0.4, -0.2) is 27.4 Å². The predicted octanol–water partition coefficient (Wildman–Crippen LogP) is 3.72. The summed E-state index contributed by atoms with van der Waals surface area (Å²) in [5.41, 5.74) is 4.39. The number of aliphatic hydroxyl groups excluding tert-OH is 1. The first kappa shape index (κ1) is 16.6. The van der Waals surface area contributed by atoms with E-state index in [1.54, 1.807) is 6.07 Å². The Balaban J connectivity index is 2.90. The molecule has 4 heteroatoms. The third-order valence-corrected chi connectivity index (χ3v) is 4.29. The van der Waals surface area contributed by atoms with Gasteiger partial charge in [-0.15, -0.1) is 0 Å². The zero-order chi connectivity index (χ0) is 16.4. The molecule has 1 aromatic heterocycles. The largest absolute Gasteiger partial charge is 0.478 e. The highest BCUT2D eigenvalue weighted by Crippen LogP contribution is 2.33. The lowest BCUT2D eigenvalue weighted by Gasteiger charge is -2.11. The molecule has 2 rings (SSSR count). The van der Waals surface area contributed by atoms with E-state index in [0.717, 1.165) is 35.0 Å². The minimum Gasteiger partial charge on any atom is -0.478 e. The van der Waals surface area contributed by atoms with E-state index < -0.39 is 5.97 Å². The minimum absolute atomic E-state index is 0.00117. The Kier molecular flexibility index (Phi) is 4.91. The number of hydrogen-bond acceptors (Lipinski definition) is 2. The van der Waals surface area contributed by atoms with Crippen LogP contribution in [0, 0.1) is 6.92 Å². The van der Waals surface area contributed by atoms with E-state index in [1.807, 2.05) is 11.5 Å². The van der Waals surface area contributed by atoms with Crippen LogP contribution in [0.2, 0.25) is 0 Å². The fourth-order valence-corrected chi connectivity index (χ4v) is 3.14. The fourth-order valence-electron chi connectivity index (χ4n) is 3.14. The molecular formula is C18H25NO3. The predicted molar refractivity (Wildman–Crippen MR) is 88.8 cm³/mol. The molecule has 0 amide bonds. The first-order valence-electron chi connectivity index (χ1n) is 7.92. The van der Waals surface area contributed by atoms with Crippen LogP contribution >= 0.6 is 0 Å². The summed E-state index contributed by atoms with van der Waals surface area (Å²) in [5, 5.41) is 20.0. The molecule has 0 spiro atoms. The van der Waals surface area contributed by atoms with E-state index in [2.05, 4.69) is 26.8 Å². The van der Waals surface area contributed by atoms with Crippen molar-refractivity contribution < 1.29 is 15.0 Å². The molecule has 0 saturated heterocycles. The molecule has 0 aliphatic rings. The van der Waals surface area contributed by atoms with Crippen molar-refractivity contribution in [3.63, 3.8) is 0 Å². The Hall–Kier alpha value is -1.81. The normalized spacial score (nSPS) is 11.5. The lowest BCUT2D eigenvalue weighted by Crippen LogP contribution is -2.08. The Morgan fingerprint density at radius 2 is 2.00 bits per heavy atom. The van der Waals surface area contributed by atoms with Crippen LogP contribution in [0.3, 0.4) is 0 Å². The van der Waals surface area contributed by atoms with Gasteiger partial charge in [-0.1, -0.05) is 27.2 Å². The maximum absolute atomic E-state index is 11.7. The Morgan fingerprint density at radius 1 is 1.32 bits per heavy atom. The molecule has 0 atom stereocenters. The molecule has 0 bridgehead atoms. The maximum Gasteiger partial charge on any atom is 0.337 e. The van der Waals surface area contributed by atoms with Crippen molar-refractivity contribution >= 4 is 16.9 Å². The molecule has 2 N–H and O–H groups in total. The number of carboxylic acid groups (broad SMARTS) is 1. The van der Waals surface area contributed by atoms with E-state index >= 15 is 0 Å². The van der Waals surface area contributed by atoms with E-state index in [4.69, 9.17) is 0 Å². The van der Waals surface area contributed by atoms with Gasteiger partial charge in [0.05, 0.1) is 17.7 Å². The van der Waals surface area contributed by atoms with Crippen LogP contribution < -0.4 is 0 Å². The van der Waals surface area contributed by atoms with Crippen molar-refractivity contribution in [3.05, 3.63) is 34.5 Å². The van der Waals surface area contributed by atoms with E-state index in [1.165, 1.54) is 5.56 Å². The van der Waals surface area contributed by atoms with Crippen LogP contribution in [0.15, 0.2) is 12.1 Å². The second-order valence-corrected chi connectivity index (χ2v) is 6.11. The number of aliphatic hydroxyl groups is 1. The van der Waals surface area contributed by atoms with Gasteiger partial charge in [-0.3, -0.25) is 0 Å². The van der Waals surface area contributed by atoms with Crippen molar-refractivity contribution in [2.75, 3.05) is 6.61 Å². The van der Waals surface area contributed by atoms with Gasteiger partial charge < -0.3 is 14.8 Å². The second kappa shape index (κ2) is 6.53. The monoisotopic (exact) mass is 303 g/mol. The summed E-state index contributed by atoms with van der Waals surface area (Å²) in [6.07, 6.45) is 1.93. The highest BCUT2D eigenvalue weighted by molar-refractivity contribution is 6.04. The minimum atomic E-state index is -0.910. The number of hydrogen-bond donors (Lipinski definition) is 2. The topological polar surface area (TPSA) is 62.5 Å². The zero-order valence-electron chi connectivity index (χ0n) is 13.8. The number of aryl methyl sites for hydroxylation is 1. The van der Waals surface area contributed by atoms with Crippen molar-refractivity contribution in [2.24, 2.45) is 0 Å². The molecule has 2 aromatic rings. The van der Waals surface area contributed by atoms with Crippen LogP contribution in [0.5, 0.6) is 0 Å². The summed E-state index contributed by atoms with van der Waals surface area (Å²) in [6, 6.07) is 3.90. The SMILES string of the molecule is CCCc1c(C)n(CCO)c2c(C(=O)O)cc(C(C)C)cc12. The van der Waals surface area contributed by atoms with Gasteiger partial charge >= 0.3 is 5.97 Å². The average molecular weight is 303 g/mol. The Bertz CT molecular complexity index is 698. The van der Waals surface area contributed by atoms with Crippen LogP contribution in [0.25, 0.3) is 10.9 Å². The molecule has 4 nitrogen and oxygen atoms in total. The number of aromatic carboxylic acids is 1. The molecule has 0 aliphatic carbocycles. The van der Waals surface area contributed by atoms with Crippen molar-refractivity contribution in [3.8, 4) is 0 Å². The molecule has 0 radical (unpaired) electrons. The van der Waals surface area contributed by atoms with E-state index in [9.17, 15) is 15.0 Å². The molecule has 1 aromatic carbocycles. The Labute approximate surface area is 131 Å². The summed E-state index contributed by atoms with van der Waals surface area (Å²) >= 11 is 0. The smallest absolute Gasteiger partial charge is 0.337 e. The van der Waals surface area contributed by atoms with Gasteiger partial charge in [0.1, 0.15) is 0 Å². The summed E-state index contributed by atoms with van der Waals surface area (Å²) < 4.78 is 1.95. The van der Waals surface area contributed by atoms with Crippen molar-refractivity contribution in [2.45, 2.75) is 53.0 Å². The third kappa shape index (κ3) is 2.75. The lowest BCUT2D eigenvalue weighted by atomic mass is 9.96. The maximum atomic E-state index is 11.7. The number of aromatic nitrogens is 1. The summed E-state index contributed by atoms with van der Waals surface area (Å²) in [7, 11) is 0. The van der Waals surface area contributed by atoms with Gasteiger partial charge in [0.25, 0.3) is 0 Å². The van der Waals surface area contributed by atoms with E-state index in [-0.39, 0.29) is 12.5 Å². The summed E-state index contributed by atoms with van der Waals surface area (Å²) in [5.74, 6) is -0.634. The van der Waals surface area contributed by atoms with Gasteiger partial charge in [-0.05, 0) is 42.5 Å². The van der Waals surface area contributed by atoms with Gasteiger partial charge in [0.15, 0.2) is 0 Å². The molecular weight excluding hydrogens is 278 g/mol. The number of fused-ring (bicyclic) bond motifs is 1. The van der Waals surface area contributed by atoms with Crippen LogP contribution in [0.4, 0.5) is 0 Å². The first-order valence-corrected chi connectivity index (χ1v) is 7.92. The molecule has 0 unspecified atom stereocenters. The van der Waals surface area contributed by atoms with Crippen molar-refractivity contribution in [1.29, 1.82) is 0 Å². The van der Waals surface area contributed by atoms with Gasteiger partial charge in [0.2, 0.25) is 0 Å². The number of benzene rings is 1. The third-order valence-electron chi connectivity index (χ3n) is 4.29. The van der Waals surface area contributed by atoms with Crippen molar-refractivity contribution in [1.82, 2.24) is 4.57 Å². The Morgan fingerprint density at radius 3 is 2.50 bits per heavy atom. The average Bonchev–Trinajstić information content (AvgIpc) is 2.72. The molecule has 120 valence electrons. The second-order valence-electron chi connectivity index (χ2n) is 6.11. The van der Waals surface area contributed by atoms with Crippen LogP contribution in [0.1, 0.15) is 60.3 Å². The highest BCUT2D eigenvalue weighted by atomic mass is 16.4. The molecule has 1 heterocycles. The summed E-state index contributed by atoms with van der Waals surface area (Å²) in [4.78, 5) is 11.7. The van der Waals surface area contributed by atoms with Gasteiger partial charge in [-0.2, -0.15) is 0 Å². The standard InChI is InChI=1S/C18H25NO3/c1-5-6-14-12(4)19(7-8-20)17-15(14)9-13(11(2)3)10-16(17)18(21)22/h9-11,20H,5-8H2,1-4H3,(H,21,22). The first-order chi connectivity index (χ1) is 10.4. The summed E-state index contributed by atoms with van der Waals surface area (Å²) in [6.45, 7) is 8.71. The zero-order valence-corrected chi connectivity index (χ0v) is 13.8. The quantitative estimate of drug-likeness (QED) is 0.855. The number of carbonyl (C=O) groups is 1. The molecule has 0 fully saturated rings. The fraction of sp³-hybridized carbons (Fsp3) is 0.500. The number of carboxylic acids is 1.